The second kappa shape index (κ2) is 10.7. The van der Waals surface area contributed by atoms with E-state index in [1.807, 2.05) is 67.7 Å². The summed E-state index contributed by atoms with van der Waals surface area (Å²) >= 11 is 0. The van der Waals surface area contributed by atoms with E-state index in [1.165, 1.54) is 5.56 Å². The van der Waals surface area contributed by atoms with E-state index < -0.39 is 0 Å². The molecule has 3 aromatic rings. The first-order chi connectivity index (χ1) is 16.1. The molecule has 0 fully saturated rings. The molecule has 33 heavy (non-hydrogen) atoms. The van der Waals surface area contributed by atoms with Gasteiger partial charge < -0.3 is 20.3 Å². The van der Waals surface area contributed by atoms with Gasteiger partial charge in [-0.15, -0.1) is 0 Å². The summed E-state index contributed by atoms with van der Waals surface area (Å²) in [5.41, 5.74) is 4.93. The molecule has 2 N–H and O–H groups in total. The monoisotopic (exact) mass is 443 g/mol. The zero-order chi connectivity index (χ0) is 23.0. The first-order valence-corrected chi connectivity index (χ1v) is 11.3. The fourth-order valence-electron chi connectivity index (χ4n) is 3.94. The van der Waals surface area contributed by atoms with Crippen molar-refractivity contribution in [2.45, 2.75) is 32.2 Å². The van der Waals surface area contributed by atoms with Gasteiger partial charge in [0, 0.05) is 32.1 Å². The largest absolute Gasteiger partial charge is 0.494 e. The van der Waals surface area contributed by atoms with Crippen molar-refractivity contribution in [1.29, 1.82) is 0 Å². The molecule has 2 amide bonds. The van der Waals surface area contributed by atoms with Crippen molar-refractivity contribution >= 4 is 28.9 Å². The molecule has 6 nitrogen and oxygen atoms in total. The van der Waals surface area contributed by atoms with Gasteiger partial charge in [0.2, 0.25) is 11.8 Å². The molecule has 0 unspecified atom stereocenters. The normalized spacial score (nSPS) is 12.5. The maximum Gasteiger partial charge on any atom is 0.224 e. The standard InChI is InChI=1S/C27H29N3O3/c1-30(19-20-8-3-2-4-9-20)25-11-6-5-10-24(25)29-26(31)12-7-17-33-22-14-15-23-21(18-22)13-16-27(32)28-23/h2-6,8-11,14-15,18H,7,12-13,16-17,19H2,1H3,(H,28,32)(H,29,31). The van der Waals surface area contributed by atoms with Gasteiger partial charge in [-0.1, -0.05) is 42.5 Å². The number of aryl methyl sites for hydroxylation is 1. The Morgan fingerprint density at radius 1 is 1.03 bits per heavy atom. The second-order valence-electron chi connectivity index (χ2n) is 8.23. The average molecular weight is 444 g/mol. The van der Waals surface area contributed by atoms with Crippen molar-refractivity contribution < 1.29 is 14.3 Å². The minimum absolute atomic E-state index is 0.0349. The molecule has 6 heteroatoms. The number of rotatable bonds is 9. The summed E-state index contributed by atoms with van der Waals surface area (Å²) in [4.78, 5) is 26.2. The molecule has 1 heterocycles. The van der Waals surface area contributed by atoms with Crippen LogP contribution in [0.4, 0.5) is 17.1 Å². The summed E-state index contributed by atoms with van der Waals surface area (Å²) in [5, 5.41) is 5.91. The highest BCUT2D eigenvalue weighted by Crippen LogP contribution is 2.28. The third-order valence-electron chi connectivity index (χ3n) is 5.64. The lowest BCUT2D eigenvalue weighted by atomic mass is 10.0. The van der Waals surface area contributed by atoms with E-state index in [4.69, 9.17) is 4.74 Å². The van der Waals surface area contributed by atoms with E-state index in [9.17, 15) is 9.59 Å². The number of amides is 2. The summed E-state index contributed by atoms with van der Waals surface area (Å²) < 4.78 is 5.83. The van der Waals surface area contributed by atoms with E-state index in [-0.39, 0.29) is 11.8 Å². The molecule has 0 saturated carbocycles. The second-order valence-corrected chi connectivity index (χ2v) is 8.23. The molecule has 170 valence electrons. The van der Waals surface area contributed by atoms with Crippen molar-refractivity contribution in [3.63, 3.8) is 0 Å². The Morgan fingerprint density at radius 3 is 2.67 bits per heavy atom. The quantitative estimate of drug-likeness (QED) is 0.456. The van der Waals surface area contributed by atoms with E-state index >= 15 is 0 Å². The number of para-hydroxylation sites is 2. The van der Waals surface area contributed by atoms with Crippen molar-refractivity contribution in [3.8, 4) is 5.75 Å². The molecule has 0 bridgehead atoms. The molecule has 0 radical (unpaired) electrons. The Balaban J connectivity index is 1.26. The summed E-state index contributed by atoms with van der Waals surface area (Å²) in [6.07, 6.45) is 2.21. The van der Waals surface area contributed by atoms with Gasteiger partial charge in [-0.25, -0.2) is 0 Å². The zero-order valence-electron chi connectivity index (χ0n) is 18.8. The molecule has 1 aliphatic rings. The number of nitrogens with one attached hydrogen (secondary N) is 2. The first kappa shape index (κ1) is 22.4. The van der Waals surface area contributed by atoms with Gasteiger partial charge >= 0.3 is 0 Å². The lowest BCUT2D eigenvalue weighted by Crippen LogP contribution is -2.20. The number of carbonyl (C=O) groups is 2. The highest BCUT2D eigenvalue weighted by atomic mass is 16.5. The number of hydrogen-bond donors (Lipinski definition) is 2. The summed E-state index contributed by atoms with van der Waals surface area (Å²) in [5.74, 6) is 0.778. The summed E-state index contributed by atoms with van der Waals surface area (Å²) in [6.45, 7) is 1.21. The van der Waals surface area contributed by atoms with Crippen LogP contribution in [0.3, 0.4) is 0 Å². The highest BCUT2D eigenvalue weighted by Gasteiger charge is 2.15. The number of anilines is 3. The van der Waals surface area contributed by atoms with Crippen molar-refractivity contribution in [2.24, 2.45) is 0 Å². The van der Waals surface area contributed by atoms with Crippen LogP contribution < -0.4 is 20.3 Å². The number of carbonyl (C=O) groups excluding carboxylic acids is 2. The third-order valence-corrected chi connectivity index (χ3v) is 5.64. The molecule has 4 rings (SSSR count). The van der Waals surface area contributed by atoms with Gasteiger partial charge in [-0.3, -0.25) is 9.59 Å². The van der Waals surface area contributed by atoms with Crippen molar-refractivity contribution in [2.75, 3.05) is 29.2 Å². The van der Waals surface area contributed by atoms with Gasteiger partial charge in [-0.05, 0) is 54.3 Å². The third kappa shape index (κ3) is 6.13. The molecule has 0 aromatic heterocycles. The van der Waals surface area contributed by atoms with Crippen LogP contribution in [0.25, 0.3) is 0 Å². The molecule has 0 saturated heterocycles. The molecular formula is C27H29N3O3. The Kier molecular flexibility index (Phi) is 7.25. The molecule has 0 spiro atoms. The minimum atomic E-state index is -0.0349. The molecule has 1 aliphatic heterocycles. The van der Waals surface area contributed by atoms with E-state index in [0.717, 1.165) is 41.3 Å². The van der Waals surface area contributed by atoms with Gasteiger partial charge in [0.15, 0.2) is 0 Å². The minimum Gasteiger partial charge on any atom is -0.494 e. The number of ether oxygens (including phenoxy) is 1. The van der Waals surface area contributed by atoms with Crippen molar-refractivity contribution in [1.82, 2.24) is 0 Å². The number of fused-ring (bicyclic) bond motifs is 1. The van der Waals surface area contributed by atoms with Gasteiger partial charge in [0.25, 0.3) is 0 Å². The molecule has 0 aliphatic carbocycles. The number of hydrogen-bond acceptors (Lipinski definition) is 4. The Hall–Kier alpha value is -3.80. The predicted molar refractivity (Wildman–Crippen MR) is 132 cm³/mol. The van der Waals surface area contributed by atoms with Gasteiger partial charge in [0.1, 0.15) is 5.75 Å². The Labute approximate surface area is 194 Å². The number of benzene rings is 3. The van der Waals surface area contributed by atoms with Crippen LogP contribution in [-0.2, 0) is 22.6 Å². The summed E-state index contributed by atoms with van der Waals surface area (Å²) in [7, 11) is 2.02. The van der Waals surface area contributed by atoms with Gasteiger partial charge in [-0.2, -0.15) is 0 Å². The highest BCUT2D eigenvalue weighted by molar-refractivity contribution is 5.94. The topological polar surface area (TPSA) is 70.7 Å². The van der Waals surface area contributed by atoms with Crippen LogP contribution in [0.2, 0.25) is 0 Å². The predicted octanol–water partition coefficient (Wildman–Crippen LogP) is 5.01. The molecular weight excluding hydrogens is 414 g/mol. The van der Waals surface area contributed by atoms with E-state index in [0.29, 0.717) is 25.9 Å². The van der Waals surface area contributed by atoms with E-state index in [2.05, 4.69) is 27.7 Å². The van der Waals surface area contributed by atoms with Crippen molar-refractivity contribution in [3.05, 3.63) is 83.9 Å². The van der Waals surface area contributed by atoms with Crippen LogP contribution in [0.15, 0.2) is 72.8 Å². The van der Waals surface area contributed by atoms with Crippen LogP contribution in [0.1, 0.15) is 30.4 Å². The van der Waals surface area contributed by atoms with Crippen LogP contribution in [0, 0.1) is 0 Å². The van der Waals surface area contributed by atoms with Crippen LogP contribution >= 0.6 is 0 Å². The smallest absolute Gasteiger partial charge is 0.224 e. The maximum absolute atomic E-state index is 12.6. The Bertz CT molecular complexity index is 1110. The SMILES string of the molecule is CN(Cc1ccccc1)c1ccccc1NC(=O)CCCOc1ccc2c(c1)CCC(=O)N2. The Morgan fingerprint density at radius 2 is 1.82 bits per heavy atom. The number of nitrogens with zero attached hydrogens (tertiary/aromatic N) is 1. The van der Waals surface area contributed by atoms with E-state index in [1.54, 1.807) is 0 Å². The first-order valence-electron chi connectivity index (χ1n) is 11.3. The van der Waals surface area contributed by atoms with Gasteiger partial charge in [0.05, 0.1) is 18.0 Å². The average Bonchev–Trinajstić information content (AvgIpc) is 2.83. The lowest BCUT2D eigenvalue weighted by molar-refractivity contribution is -0.117. The maximum atomic E-state index is 12.6. The molecule has 0 atom stereocenters. The van der Waals surface area contributed by atoms with Crippen LogP contribution in [0.5, 0.6) is 5.75 Å². The van der Waals surface area contributed by atoms with Crippen LogP contribution in [-0.4, -0.2) is 25.5 Å². The fourth-order valence-corrected chi connectivity index (χ4v) is 3.94. The zero-order valence-corrected chi connectivity index (χ0v) is 18.8. The lowest BCUT2D eigenvalue weighted by Gasteiger charge is -2.23. The fraction of sp³-hybridized carbons (Fsp3) is 0.259. The molecule has 3 aromatic carbocycles. The summed E-state index contributed by atoms with van der Waals surface area (Å²) in [6, 6.07) is 23.8.